The van der Waals surface area contributed by atoms with E-state index in [1.807, 2.05) is 0 Å². The standard InChI is InChI=1S/C23H28N4O6/c1-23(2,3)33-22(29)27-12-15(9-16(27)13-30-5)26-20(28)21-25-11-19(32-21)17-10-14(24-4)7-8-18(17)31-6/h7-8,10-11,15-16H,9,12-13H2,1-3,5-6H3,(H,26,28)/t15-,16+/m1/s1. The monoisotopic (exact) mass is 456 g/mol. The Morgan fingerprint density at radius 3 is 2.73 bits per heavy atom. The highest BCUT2D eigenvalue weighted by Crippen LogP contribution is 2.34. The van der Waals surface area contributed by atoms with E-state index in [1.165, 1.54) is 13.3 Å². The van der Waals surface area contributed by atoms with Crippen LogP contribution in [0.2, 0.25) is 0 Å². The second-order valence-corrected chi connectivity index (χ2v) is 8.67. The molecule has 33 heavy (non-hydrogen) atoms. The summed E-state index contributed by atoms with van der Waals surface area (Å²) in [6, 6.07) is 4.35. The SMILES string of the molecule is [C-]#[N+]c1ccc(OC)c(-c2cnc(C(=O)N[C@@H]3C[C@@H](COC)N(C(=O)OC(C)(C)C)C3)o2)c1. The summed E-state index contributed by atoms with van der Waals surface area (Å²) < 4.78 is 21.7. The van der Waals surface area contributed by atoms with E-state index < -0.39 is 17.6 Å². The molecular weight excluding hydrogens is 428 g/mol. The molecule has 0 radical (unpaired) electrons. The number of carbonyl (C=O) groups excluding carboxylic acids is 2. The minimum absolute atomic E-state index is 0.126. The lowest BCUT2D eigenvalue weighted by Crippen LogP contribution is -2.43. The van der Waals surface area contributed by atoms with Gasteiger partial charge >= 0.3 is 12.0 Å². The van der Waals surface area contributed by atoms with Gasteiger partial charge in [-0.3, -0.25) is 4.79 Å². The Balaban J connectivity index is 1.72. The number of methoxy groups -OCH3 is 2. The zero-order chi connectivity index (χ0) is 24.2. The normalized spacial score (nSPS) is 18.0. The van der Waals surface area contributed by atoms with Crippen molar-refractivity contribution in [3.63, 3.8) is 0 Å². The molecule has 2 amide bonds. The fourth-order valence-electron chi connectivity index (χ4n) is 3.62. The second-order valence-electron chi connectivity index (χ2n) is 8.67. The van der Waals surface area contributed by atoms with E-state index >= 15 is 0 Å². The zero-order valence-electron chi connectivity index (χ0n) is 19.4. The van der Waals surface area contributed by atoms with Crippen molar-refractivity contribution in [1.82, 2.24) is 15.2 Å². The molecule has 0 unspecified atom stereocenters. The van der Waals surface area contributed by atoms with Gasteiger partial charge in [0.15, 0.2) is 11.4 Å². The Labute approximate surface area is 192 Å². The highest BCUT2D eigenvalue weighted by Gasteiger charge is 2.38. The zero-order valence-corrected chi connectivity index (χ0v) is 19.4. The van der Waals surface area contributed by atoms with Crippen molar-refractivity contribution in [3.8, 4) is 17.1 Å². The largest absolute Gasteiger partial charge is 0.496 e. The van der Waals surface area contributed by atoms with Crippen molar-refractivity contribution in [2.24, 2.45) is 0 Å². The van der Waals surface area contributed by atoms with Crippen molar-refractivity contribution in [2.45, 2.75) is 44.9 Å². The number of likely N-dealkylation sites (tertiary alicyclic amines) is 1. The number of rotatable bonds is 6. The number of hydrogen-bond donors (Lipinski definition) is 1. The molecule has 0 saturated carbocycles. The fraction of sp³-hybridized carbons (Fsp3) is 0.478. The fourth-order valence-corrected chi connectivity index (χ4v) is 3.62. The van der Waals surface area contributed by atoms with Crippen molar-refractivity contribution in [1.29, 1.82) is 0 Å². The van der Waals surface area contributed by atoms with E-state index in [-0.39, 0.29) is 24.5 Å². The number of carbonyl (C=O) groups is 2. The summed E-state index contributed by atoms with van der Waals surface area (Å²) in [4.78, 5) is 34.4. The molecule has 0 spiro atoms. The third kappa shape index (κ3) is 5.81. The number of nitrogens with zero attached hydrogens (tertiary/aromatic N) is 3. The molecule has 1 aromatic carbocycles. The van der Waals surface area contributed by atoms with Crippen LogP contribution in [0.15, 0.2) is 28.8 Å². The van der Waals surface area contributed by atoms with E-state index in [0.29, 0.717) is 35.8 Å². The van der Waals surface area contributed by atoms with Crippen LogP contribution in [0.4, 0.5) is 10.5 Å². The topological polar surface area (TPSA) is 107 Å². The number of benzene rings is 1. The van der Waals surface area contributed by atoms with Crippen molar-refractivity contribution in [3.05, 3.63) is 41.7 Å². The quantitative estimate of drug-likeness (QED) is 0.661. The van der Waals surface area contributed by atoms with Crippen molar-refractivity contribution >= 4 is 17.7 Å². The molecule has 0 bridgehead atoms. The number of hydrogen-bond acceptors (Lipinski definition) is 7. The molecule has 176 valence electrons. The summed E-state index contributed by atoms with van der Waals surface area (Å²) in [5.41, 5.74) is 0.302. The lowest BCUT2D eigenvalue weighted by Gasteiger charge is -2.28. The van der Waals surface area contributed by atoms with Gasteiger partial charge in [-0.2, -0.15) is 0 Å². The maximum absolute atomic E-state index is 12.8. The van der Waals surface area contributed by atoms with Crippen LogP contribution >= 0.6 is 0 Å². The Hall–Kier alpha value is -3.58. The first kappa shape index (κ1) is 24.1. The van der Waals surface area contributed by atoms with Gasteiger partial charge in [-0.15, -0.1) is 0 Å². The average molecular weight is 456 g/mol. The lowest BCUT2D eigenvalue weighted by atomic mass is 10.1. The minimum Gasteiger partial charge on any atom is -0.496 e. The summed E-state index contributed by atoms with van der Waals surface area (Å²) >= 11 is 0. The highest BCUT2D eigenvalue weighted by atomic mass is 16.6. The molecular formula is C23H28N4O6. The lowest BCUT2D eigenvalue weighted by molar-refractivity contribution is 0.0146. The van der Waals surface area contributed by atoms with Crippen LogP contribution in [0, 0.1) is 6.57 Å². The average Bonchev–Trinajstić information content (AvgIpc) is 3.40. The van der Waals surface area contributed by atoms with Crippen LogP contribution in [0.5, 0.6) is 5.75 Å². The van der Waals surface area contributed by atoms with E-state index in [1.54, 1.807) is 51.0 Å². The van der Waals surface area contributed by atoms with Crippen LogP contribution in [0.1, 0.15) is 37.9 Å². The minimum atomic E-state index is -0.629. The van der Waals surface area contributed by atoms with Gasteiger partial charge in [0.1, 0.15) is 11.4 Å². The Morgan fingerprint density at radius 1 is 1.33 bits per heavy atom. The van der Waals surface area contributed by atoms with Gasteiger partial charge in [0.25, 0.3) is 5.89 Å². The number of nitrogens with one attached hydrogen (secondary N) is 1. The molecule has 10 nitrogen and oxygen atoms in total. The molecule has 1 N–H and O–H groups in total. The molecule has 2 aromatic rings. The first-order chi connectivity index (χ1) is 15.6. The maximum Gasteiger partial charge on any atom is 0.410 e. The summed E-state index contributed by atoms with van der Waals surface area (Å²) in [5.74, 6) is 0.173. The molecule has 1 aliphatic rings. The number of amides is 2. The number of oxazole rings is 1. The molecule has 2 atom stereocenters. The highest BCUT2D eigenvalue weighted by molar-refractivity contribution is 5.90. The van der Waals surface area contributed by atoms with E-state index in [0.717, 1.165) is 0 Å². The number of aromatic nitrogens is 1. The summed E-state index contributed by atoms with van der Waals surface area (Å²) in [7, 11) is 3.07. The van der Waals surface area contributed by atoms with Crippen molar-refractivity contribution in [2.75, 3.05) is 27.4 Å². The van der Waals surface area contributed by atoms with E-state index in [9.17, 15) is 9.59 Å². The molecule has 1 aromatic heterocycles. The third-order valence-corrected chi connectivity index (χ3v) is 5.01. The molecule has 1 fully saturated rings. The number of ether oxygens (including phenoxy) is 3. The predicted molar refractivity (Wildman–Crippen MR) is 119 cm³/mol. The molecule has 10 heteroatoms. The Bertz CT molecular complexity index is 1050. The summed E-state index contributed by atoms with van der Waals surface area (Å²) in [6.07, 6.45) is 1.47. The molecule has 0 aliphatic carbocycles. The first-order valence-electron chi connectivity index (χ1n) is 10.5. The molecule has 3 rings (SSSR count). The van der Waals surface area contributed by atoms with Gasteiger partial charge in [0, 0.05) is 19.7 Å². The summed E-state index contributed by atoms with van der Waals surface area (Å²) in [6.45, 7) is 13.2. The van der Waals surface area contributed by atoms with Crippen LogP contribution in [-0.2, 0) is 9.47 Å². The predicted octanol–water partition coefficient (Wildman–Crippen LogP) is 3.66. The smallest absolute Gasteiger partial charge is 0.410 e. The van der Waals surface area contributed by atoms with Crippen molar-refractivity contribution < 1.29 is 28.2 Å². The van der Waals surface area contributed by atoms with Gasteiger partial charge in [-0.05, 0) is 39.3 Å². The maximum atomic E-state index is 12.8. The first-order valence-corrected chi connectivity index (χ1v) is 10.5. The third-order valence-electron chi connectivity index (χ3n) is 5.01. The van der Waals surface area contributed by atoms with Crippen LogP contribution < -0.4 is 10.1 Å². The van der Waals surface area contributed by atoms with Gasteiger partial charge in [0.2, 0.25) is 0 Å². The molecule has 1 saturated heterocycles. The second kappa shape index (κ2) is 9.92. The van der Waals surface area contributed by atoms with Crippen LogP contribution in [0.25, 0.3) is 16.2 Å². The van der Waals surface area contributed by atoms with E-state index in [2.05, 4.69) is 15.1 Å². The van der Waals surface area contributed by atoms with Gasteiger partial charge in [-0.25, -0.2) is 14.6 Å². The van der Waals surface area contributed by atoms with E-state index in [4.69, 9.17) is 25.2 Å². The van der Waals surface area contributed by atoms with Gasteiger partial charge in [0.05, 0.1) is 38.1 Å². The summed E-state index contributed by atoms with van der Waals surface area (Å²) in [5, 5.41) is 2.87. The molecule has 1 aliphatic heterocycles. The Morgan fingerprint density at radius 2 is 2.09 bits per heavy atom. The Kier molecular flexibility index (Phi) is 7.23. The van der Waals surface area contributed by atoms with Gasteiger partial charge in [-0.1, -0.05) is 6.07 Å². The van der Waals surface area contributed by atoms with Crippen LogP contribution in [0.3, 0.4) is 0 Å². The van der Waals surface area contributed by atoms with Gasteiger partial charge < -0.3 is 28.8 Å². The van der Waals surface area contributed by atoms with Crippen LogP contribution in [-0.4, -0.2) is 66.9 Å². The molecule has 2 heterocycles.